The number of pyridine rings is 1. The highest BCUT2D eigenvalue weighted by Crippen LogP contribution is 2.30. The lowest BCUT2D eigenvalue weighted by Crippen LogP contribution is -2.55. The fourth-order valence-corrected chi connectivity index (χ4v) is 4.31. The predicted molar refractivity (Wildman–Crippen MR) is 104 cm³/mol. The Balaban J connectivity index is 1.75. The molecule has 29 heavy (non-hydrogen) atoms. The van der Waals surface area contributed by atoms with E-state index >= 15 is 0 Å². The molecule has 1 N–H and O–H groups in total. The van der Waals surface area contributed by atoms with Gasteiger partial charge in [0.05, 0.1) is 19.2 Å². The first-order valence-electron chi connectivity index (χ1n) is 10.1. The highest BCUT2D eigenvalue weighted by atomic mass is 16.8. The second-order valence-electron chi connectivity index (χ2n) is 8.04. The molecule has 4 rings (SSSR count). The number of methoxy groups -OCH3 is 1. The predicted octanol–water partition coefficient (Wildman–Crippen LogP) is 1.92. The van der Waals surface area contributed by atoms with Crippen molar-refractivity contribution in [1.82, 2.24) is 9.88 Å². The molecule has 2 atom stereocenters. The molecule has 1 saturated heterocycles. The Labute approximate surface area is 168 Å². The third-order valence-electron chi connectivity index (χ3n) is 5.86. The molecule has 8 heteroatoms. The van der Waals surface area contributed by atoms with E-state index in [1.807, 2.05) is 6.07 Å². The molecule has 0 aromatic carbocycles. The van der Waals surface area contributed by atoms with Crippen LogP contribution in [0.5, 0.6) is 0 Å². The average Bonchev–Trinajstić information content (AvgIpc) is 3.07. The Bertz CT molecular complexity index is 934. The van der Waals surface area contributed by atoms with Gasteiger partial charge in [-0.15, -0.1) is 0 Å². The molecule has 0 radical (unpaired) electrons. The van der Waals surface area contributed by atoms with Crippen molar-refractivity contribution >= 4 is 17.8 Å². The van der Waals surface area contributed by atoms with E-state index in [4.69, 9.17) is 14.2 Å². The zero-order valence-corrected chi connectivity index (χ0v) is 16.8. The lowest BCUT2D eigenvalue weighted by atomic mass is 9.88. The van der Waals surface area contributed by atoms with E-state index in [2.05, 4.69) is 5.32 Å². The van der Waals surface area contributed by atoms with Gasteiger partial charge in [-0.3, -0.25) is 4.79 Å². The Morgan fingerprint density at radius 1 is 1.28 bits per heavy atom. The van der Waals surface area contributed by atoms with E-state index < -0.39 is 23.8 Å². The molecule has 2 unspecified atom stereocenters. The van der Waals surface area contributed by atoms with E-state index in [1.165, 1.54) is 13.5 Å². The molecule has 1 aliphatic carbocycles. The Morgan fingerprint density at radius 3 is 2.66 bits per heavy atom. The second-order valence-corrected chi connectivity index (χ2v) is 8.04. The molecule has 0 saturated carbocycles. The fourth-order valence-electron chi connectivity index (χ4n) is 4.31. The molecule has 1 aromatic heterocycles. The third kappa shape index (κ3) is 3.63. The van der Waals surface area contributed by atoms with Crippen molar-refractivity contribution in [2.45, 2.75) is 63.6 Å². The van der Waals surface area contributed by atoms with Gasteiger partial charge in [-0.05, 0) is 50.3 Å². The zero-order valence-electron chi connectivity index (χ0n) is 16.8. The molecule has 1 fully saturated rings. The van der Waals surface area contributed by atoms with Crippen LogP contribution >= 0.6 is 0 Å². The molecular formula is C21H26N2O6. The van der Waals surface area contributed by atoms with Crippen LogP contribution in [0.4, 0.5) is 4.79 Å². The number of hydrogen-bond acceptors (Lipinski definition) is 7. The number of hydrogen-bond donors (Lipinski definition) is 1. The first kappa shape index (κ1) is 19.5. The molecule has 3 aliphatic rings. The monoisotopic (exact) mass is 402 g/mol. The number of nitrogens with zero attached hydrogens (tertiary/aromatic N) is 1. The highest BCUT2D eigenvalue weighted by molar-refractivity contribution is 5.92. The topological polar surface area (TPSA) is 95.9 Å². The molecule has 0 amide bonds. The minimum atomic E-state index is -0.930. The molecule has 0 spiro atoms. The van der Waals surface area contributed by atoms with Gasteiger partial charge < -0.3 is 24.1 Å². The summed E-state index contributed by atoms with van der Waals surface area (Å²) in [5.41, 5.74) is 2.21. The highest BCUT2D eigenvalue weighted by Gasteiger charge is 2.41. The van der Waals surface area contributed by atoms with Crippen LogP contribution in [0.3, 0.4) is 0 Å². The summed E-state index contributed by atoms with van der Waals surface area (Å²) in [7, 11) is 1.34. The number of aromatic nitrogens is 1. The van der Waals surface area contributed by atoms with Crippen molar-refractivity contribution in [2.75, 3.05) is 13.7 Å². The second kappa shape index (κ2) is 7.57. The van der Waals surface area contributed by atoms with Crippen molar-refractivity contribution in [3.63, 3.8) is 0 Å². The third-order valence-corrected chi connectivity index (χ3v) is 5.86. The van der Waals surface area contributed by atoms with E-state index in [-0.39, 0.29) is 18.7 Å². The van der Waals surface area contributed by atoms with Crippen LogP contribution in [0.2, 0.25) is 0 Å². The summed E-state index contributed by atoms with van der Waals surface area (Å²) in [6.07, 6.45) is 6.67. The van der Waals surface area contributed by atoms with Gasteiger partial charge in [-0.2, -0.15) is 0 Å². The largest absolute Gasteiger partial charge is 0.508 e. The van der Waals surface area contributed by atoms with Crippen LogP contribution in [-0.4, -0.2) is 42.1 Å². The summed E-state index contributed by atoms with van der Waals surface area (Å²) < 4.78 is 16.6. The van der Waals surface area contributed by atoms with Gasteiger partial charge in [-0.25, -0.2) is 9.59 Å². The van der Waals surface area contributed by atoms with Crippen molar-refractivity contribution in [1.29, 1.82) is 0 Å². The molecule has 3 heterocycles. The van der Waals surface area contributed by atoms with Gasteiger partial charge in [0.15, 0.2) is 11.6 Å². The van der Waals surface area contributed by atoms with Crippen molar-refractivity contribution in [3.05, 3.63) is 39.3 Å². The van der Waals surface area contributed by atoms with Gasteiger partial charge in [0.1, 0.15) is 6.61 Å². The fraction of sp³-hybridized carbons (Fsp3) is 0.571. The minimum absolute atomic E-state index is 0.144. The number of cyclic esters (lactones) is 2. The molecule has 8 nitrogen and oxygen atoms in total. The van der Waals surface area contributed by atoms with Crippen molar-refractivity contribution in [3.8, 4) is 0 Å². The number of aryl methyl sites for hydroxylation is 1. The molecule has 1 aromatic rings. The maximum absolute atomic E-state index is 13.4. The molecule has 156 valence electrons. The Hall–Kier alpha value is -2.77. The van der Waals surface area contributed by atoms with Gasteiger partial charge >= 0.3 is 12.1 Å². The smallest absolute Gasteiger partial charge is 0.467 e. The lowest BCUT2D eigenvalue weighted by Gasteiger charge is -2.36. The number of fused-ring (bicyclic) bond motifs is 1. The number of esters is 1. The van der Waals surface area contributed by atoms with E-state index in [1.54, 1.807) is 17.6 Å². The van der Waals surface area contributed by atoms with Crippen LogP contribution in [0, 0.1) is 0 Å². The van der Waals surface area contributed by atoms with E-state index in [0.29, 0.717) is 11.3 Å². The van der Waals surface area contributed by atoms with E-state index in [9.17, 15) is 14.4 Å². The van der Waals surface area contributed by atoms with Crippen molar-refractivity contribution in [2.24, 2.45) is 0 Å². The van der Waals surface area contributed by atoms with Gasteiger partial charge in [0, 0.05) is 11.4 Å². The summed E-state index contributed by atoms with van der Waals surface area (Å²) in [5, 5.41) is 3.09. The number of carbonyl (C=O) groups is 2. The van der Waals surface area contributed by atoms with Crippen LogP contribution in [0.1, 0.15) is 49.4 Å². The first-order valence-corrected chi connectivity index (χ1v) is 10.1. The average molecular weight is 402 g/mol. The standard InChI is InChI=1S/C21H26N2O6/c1-21(19(25)27-2)10-16(22-21)15-9-13-7-5-3-4-6-8-17(13)23(18(15)24)11-14-12-28-20(26)29-14/h9-10,14,22H,3-8,11-12H2,1-2H3. The van der Waals surface area contributed by atoms with Gasteiger partial charge in [-0.1, -0.05) is 12.8 Å². The summed E-state index contributed by atoms with van der Waals surface area (Å²) >= 11 is 0. The zero-order chi connectivity index (χ0) is 20.6. The maximum atomic E-state index is 13.4. The summed E-state index contributed by atoms with van der Waals surface area (Å²) in [5.74, 6) is -0.400. The van der Waals surface area contributed by atoms with Crippen molar-refractivity contribution < 1.29 is 23.8 Å². The van der Waals surface area contributed by atoms with Crippen LogP contribution in [0.15, 0.2) is 16.9 Å². The summed E-state index contributed by atoms with van der Waals surface area (Å²) in [6.45, 7) is 2.12. The quantitative estimate of drug-likeness (QED) is 0.769. The van der Waals surface area contributed by atoms with Gasteiger partial charge in [0.25, 0.3) is 5.56 Å². The maximum Gasteiger partial charge on any atom is 0.508 e. The van der Waals surface area contributed by atoms with Crippen LogP contribution in [0.25, 0.3) is 5.70 Å². The number of ether oxygens (including phenoxy) is 3. The SMILES string of the molecule is COC(=O)C1(C)C=C(c2cc3c(n(CC4COC(=O)O4)c2=O)CCCCCC3)N1. The molecule has 0 bridgehead atoms. The molecular weight excluding hydrogens is 376 g/mol. The normalized spacial score (nSPS) is 25.9. The number of rotatable bonds is 4. The van der Waals surface area contributed by atoms with Gasteiger partial charge in [0.2, 0.25) is 0 Å². The first-order chi connectivity index (χ1) is 13.9. The molecule has 2 aliphatic heterocycles. The van der Waals surface area contributed by atoms with Crippen LogP contribution in [-0.2, 0) is 38.4 Å². The van der Waals surface area contributed by atoms with E-state index in [0.717, 1.165) is 43.4 Å². The number of carbonyl (C=O) groups excluding carboxylic acids is 2. The Morgan fingerprint density at radius 2 is 2.00 bits per heavy atom. The number of nitrogens with one attached hydrogen (secondary N) is 1. The summed E-state index contributed by atoms with van der Waals surface area (Å²) in [4.78, 5) is 36.6. The van der Waals surface area contributed by atoms with Crippen LogP contribution < -0.4 is 10.9 Å². The lowest BCUT2D eigenvalue weighted by molar-refractivity contribution is -0.145. The Kier molecular flexibility index (Phi) is 5.10. The minimum Gasteiger partial charge on any atom is -0.467 e. The summed E-state index contributed by atoms with van der Waals surface area (Å²) in [6, 6.07) is 1.95.